The molecule has 2 aromatic carbocycles. The average Bonchev–Trinajstić information content (AvgIpc) is 2.35. The van der Waals surface area contributed by atoms with Gasteiger partial charge in [-0.3, -0.25) is 4.79 Å². The Balaban J connectivity index is 2.08. The van der Waals surface area contributed by atoms with Crippen molar-refractivity contribution in [3.8, 4) is 5.75 Å². The molecule has 0 radical (unpaired) electrons. The first-order chi connectivity index (χ1) is 9.06. The second-order valence-electron chi connectivity index (χ2n) is 4.31. The van der Waals surface area contributed by atoms with E-state index in [-0.39, 0.29) is 23.9 Å². The molecule has 0 aromatic heterocycles. The minimum absolute atomic E-state index is 0.118. The quantitative estimate of drug-likeness (QED) is 0.890. The Bertz CT molecular complexity index is 611. The smallest absolute Gasteiger partial charge is 0.228 e. The van der Waals surface area contributed by atoms with Crippen LogP contribution in [0.2, 0.25) is 0 Å². The molecule has 0 aliphatic rings. The van der Waals surface area contributed by atoms with Crippen LogP contribution >= 0.6 is 0 Å². The van der Waals surface area contributed by atoms with E-state index in [1.807, 2.05) is 0 Å². The van der Waals surface area contributed by atoms with Crippen molar-refractivity contribution in [1.82, 2.24) is 0 Å². The van der Waals surface area contributed by atoms with Crippen LogP contribution in [0, 0.1) is 12.7 Å². The minimum atomic E-state index is -0.352. The fourth-order valence-corrected chi connectivity index (χ4v) is 1.79. The Kier molecular flexibility index (Phi) is 3.80. The van der Waals surface area contributed by atoms with Crippen LogP contribution in [-0.4, -0.2) is 11.0 Å². The zero-order chi connectivity index (χ0) is 13.8. The molecule has 2 rings (SSSR count). The van der Waals surface area contributed by atoms with Crippen molar-refractivity contribution in [2.24, 2.45) is 0 Å². The zero-order valence-electron chi connectivity index (χ0n) is 10.5. The number of rotatable bonds is 3. The lowest BCUT2D eigenvalue weighted by molar-refractivity contribution is -0.115. The molecule has 19 heavy (non-hydrogen) atoms. The maximum Gasteiger partial charge on any atom is 0.228 e. The van der Waals surface area contributed by atoms with Gasteiger partial charge in [0.1, 0.15) is 11.6 Å². The molecule has 2 aromatic rings. The van der Waals surface area contributed by atoms with Crippen molar-refractivity contribution in [2.75, 3.05) is 5.32 Å². The molecule has 1 amide bonds. The molecule has 0 aliphatic carbocycles. The lowest BCUT2D eigenvalue weighted by Gasteiger charge is -2.09. The van der Waals surface area contributed by atoms with Gasteiger partial charge in [-0.05, 0) is 36.8 Å². The average molecular weight is 259 g/mol. The van der Waals surface area contributed by atoms with Crippen molar-refractivity contribution >= 4 is 11.6 Å². The number of phenols is 1. The molecule has 2 N–H and O–H groups in total. The lowest BCUT2D eigenvalue weighted by Crippen LogP contribution is -2.15. The molecule has 0 aliphatic heterocycles. The topological polar surface area (TPSA) is 49.3 Å². The van der Waals surface area contributed by atoms with Crippen LogP contribution in [0.15, 0.2) is 42.5 Å². The number of benzene rings is 2. The molecule has 3 nitrogen and oxygen atoms in total. The summed E-state index contributed by atoms with van der Waals surface area (Å²) in [6.45, 7) is 1.61. The van der Waals surface area contributed by atoms with E-state index < -0.39 is 0 Å². The number of hydrogen-bond donors (Lipinski definition) is 2. The molecule has 0 saturated heterocycles. The second-order valence-corrected chi connectivity index (χ2v) is 4.31. The van der Waals surface area contributed by atoms with Gasteiger partial charge >= 0.3 is 0 Å². The van der Waals surface area contributed by atoms with E-state index in [4.69, 9.17) is 0 Å². The molecule has 4 heteroatoms. The number of carbonyl (C=O) groups excluding carboxylic acids is 1. The van der Waals surface area contributed by atoms with Gasteiger partial charge in [0.25, 0.3) is 0 Å². The molecule has 0 saturated carbocycles. The molecular weight excluding hydrogens is 245 g/mol. The van der Waals surface area contributed by atoms with Gasteiger partial charge in [0.2, 0.25) is 5.91 Å². The first-order valence-corrected chi connectivity index (χ1v) is 5.89. The third-order valence-electron chi connectivity index (χ3n) is 2.82. The summed E-state index contributed by atoms with van der Waals surface area (Å²) in [5.41, 5.74) is 1.57. The van der Waals surface area contributed by atoms with Gasteiger partial charge in [0.15, 0.2) is 0 Å². The van der Waals surface area contributed by atoms with Gasteiger partial charge < -0.3 is 10.4 Å². The van der Waals surface area contributed by atoms with Gasteiger partial charge in [-0.15, -0.1) is 0 Å². The van der Waals surface area contributed by atoms with E-state index in [2.05, 4.69) is 5.32 Å². The maximum atomic E-state index is 13.3. The first kappa shape index (κ1) is 13.1. The fraction of sp³-hybridized carbons (Fsp3) is 0.133. The number of hydrogen-bond acceptors (Lipinski definition) is 2. The summed E-state index contributed by atoms with van der Waals surface area (Å²) in [6, 6.07) is 11.0. The maximum absolute atomic E-state index is 13.3. The number of carbonyl (C=O) groups is 1. The third-order valence-corrected chi connectivity index (χ3v) is 2.82. The van der Waals surface area contributed by atoms with Gasteiger partial charge in [-0.25, -0.2) is 4.39 Å². The number of aromatic hydroxyl groups is 1. The van der Waals surface area contributed by atoms with E-state index in [0.29, 0.717) is 16.8 Å². The van der Waals surface area contributed by atoms with Gasteiger partial charge in [0, 0.05) is 11.3 Å². The number of amides is 1. The molecule has 0 spiro atoms. The van der Waals surface area contributed by atoms with Crippen LogP contribution in [0.25, 0.3) is 0 Å². The standard InChI is InChI=1S/C15H14FNO2/c1-10-13(16)6-3-7-14(10)17-15(19)9-11-4-2-5-12(18)8-11/h2-8,18H,9H2,1H3,(H,17,19). The summed E-state index contributed by atoms with van der Waals surface area (Å²) >= 11 is 0. The predicted octanol–water partition coefficient (Wildman–Crippen LogP) is 3.02. The summed E-state index contributed by atoms with van der Waals surface area (Å²) in [6.07, 6.45) is 0.129. The second kappa shape index (κ2) is 5.52. The van der Waals surface area contributed by atoms with E-state index in [0.717, 1.165) is 0 Å². The van der Waals surface area contributed by atoms with Crippen molar-refractivity contribution in [3.05, 3.63) is 59.4 Å². The van der Waals surface area contributed by atoms with Crippen molar-refractivity contribution in [3.63, 3.8) is 0 Å². The summed E-state index contributed by atoms with van der Waals surface area (Å²) in [5, 5.41) is 12.0. The SMILES string of the molecule is Cc1c(F)cccc1NC(=O)Cc1cccc(O)c1. The van der Waals surface area contributed by atoms with Crippen molar-refractivity contribution in [1.29, 1.82) is 0 Å². The van der Waals surface area contributed by atoms with Gasteiger partial charge in [-0.1, -0.05) is 18.2 Å². The molecule has 0 fully saturated rings. The summed E-state index contributed by atoms with van der Waals surface area (Å²) < 4.78 is 13.3. The van der Waals surface area contributed by atoms with Crippen LogP contribution in [0.3, 0.4) is 0 Å². The highest BCUT2D eigenvalue weighted by atomic mass is 19.1. The lowest BCUT2D eigenvalue weighted by atomic mass is 10.1. The summed E-state index contributed by atoms with van der Waals surface area (Å²) in [7, 11) is 0. The Morgan fingerprint density at radius 2 is 2.00 bits per heavy atom. The molecule has 0 bridgehead atoms. The first-order valence-electron chi connectivity index (χ1n) is 5.89. The predicted molar refractivity (Wildman–Crippen MR) is 71.6 cm³/mol. The highest BCUT2D eigenvalue weighted by Crippen LogP contribution is 2.18. The van der Waals surface area contributed by atoms with E-state index in [1.54, 1.807) is 31.2 Å². The molecule has 0 atom stereocenters. The number of halogens is 1. The number of nitrogens with one attached hydrogen (secondary N) is 1. The minimum Gasteiger partial charge on any atom is -0.508 e. The van der Waals surface area contributed by atoms with Crippen LogP contribution < -0.4 is 5.32 Å². The van der Waals surface area contributed by atoms with Gasteiger partial charge in [0.05, 0.1) is 6.42 Å². The molecule has 0 heterocycles. The van der Waals surface area contributed by atoms with Gasteiger partial charge in [-0.2, -0.15) is 0 Å². The van der Waals surface area contributed by atoms with Crippen LogP contribution in [0.1, 0.15) is 11.1 Å². The number of phenolic OH excluding ortho intramolecular Hbond substituents is 1. The van der Waals surface area contributed by atoms with Crippen LogP contribution in [0.4, 0.5) is 10.1 Å². The largest absolute Gasteiger partial charge is 0.508 e. The Morgan fingerprint density at radius 3 is 2.74 bits per heavy atom. The third kappa shape index (κ3) is 3.31. The van der Waals surface area contributed by atoms with Crippen LogP contribution in [0.5, 0.6) is 5.75 Å². The Morgan fingerprint density at radius 1 is 1.26 bits per heavy atom. The van der Waals surface area contributed by atoms with E-state index >= 15 is 0 Å². The highest BCUT2D eigenvalue weighted by molar-refractivity contribution is 5.93. The summed E-state index contributed by atoms with van der Waals surface area (Å²) in [5.74, 6) is -0.485. The monoisotopic (exact) mass is 259 g/mol. The van der Waals surface area contributed by atoms with E-state index in [9.17, 15) is 14.3 Å². The Labute approximate surface area is 110 Å². The molecule has 98 valence electrons. The Hall–Kier alpha value is -2.36. The van der Waals surface area contributed by atoms with E-state index in [1.165, 1.54) is 18.2 Å². The normalized spacial score (nSPS) is 10.2. The molecule has 0 unspecified atom stereocenters. The van der Waals surface area contributed by atoms with Crippen LogP contribution in [-0.2, 0) is 11.2 Å². The van der Waals surface area contributed by atoms with Crippen molar-refractivity contribution in [2.45, 2.75) is 13.3 Å². The highest BCUT2D eigenvalue weighted by Gasteiger charge is 2.08. The number of anilines is 1. The summed E-state index contributed by atoms with van der Waals surface area (Å²) in [4.78, 5) is 11.8. The zero-order valence-corrected chi connectivity index (χ0v) is 10.5. The molecular formula is C15H14FNO2. The van der Waals surface area contributed by atoms with Crippen molar-refractivity contribution < 1.29 is 14.3 Å². The fourth-order valence-electron chi connectivity index (χ4n) is 1.79.